The number of ether oxygens (including phenoxy) is 1. The van der Waals surface area contributed by atoms with Crippen LogP contribution in [0.1, 0.15) is 38.7 Å². The quantitative estimate of drug-likeness (QED) is 0.857. The van der Waals surface area contributed by atoms with Gasteiger partial charge in [-0.3, -0.25) is 4.79 Å². The highest BCUT2D eigenvalue weighted by Crippen LogP contribution is 2.37. The number of para-hydroxylation sites is 1. The molecule has 4 heteroatoms. The number of benzene rings is 1. The SMILES string of the molecule is CCOC(=O)C1=C(c2ccccc2NC(C)=O)CCC1. The Kier molecular flexibility index (Phi) is 4.56. The van der Waals surface area contributed by atoms with Crippen LogP contribution in [0.15, 0.2) is 29.8 Å². The van der Waals surface area contributed by atoms with E-state index in [2.05, 4.69) is 5.32 Å². The third kappa shape index (κ3) is 3.07. The molecule has 0 saturated carbocycles. The minimum absolute atomic E-state index is 0.117. The Labute approximate surface area is 118 Å². The summed E-state index contributed by atoms with van der Waals surface area (Å²) in [5, 5.41) is 2.82. The first-order valence-corrected chi connectivity index (χ1v) is 6.89. The van der Waals surface area contributed by atoms with E-state index in [-0.39, 0.29) is 11.9 Å². The molecule has 4 nitrogen and oxygen atoms in total. The predicted molar refractivity (Wildman–Crippen MR) is 78.1 cm³/mol. The molecule has 0 fully saturated rings. The molecule has 0 atom stereocenters. The number of carbonyl (C=O) groups excluding carboxylic acids is 2. The van der Waals surface area contributed by atoms with E-state index in [0.717, 1.165) is 41.7 Å². The van der Waals surface area contributed by atoms with Crippen LogP contribution >= 0.6 is 0 Å². The van der Waals surface area contributed by atoms with Gasteiger partial charge in [0.2, 0.25) is 5.91 Å². The van der Waals surface area contributed by atoms with E-state index in [1.165, 1.54) is 6.92 Å². The van der Waals surface area contributed by atoms with Gasteiger partial charge in [0, 0.05) is 23.7 Å². The maximum atomic E-state index is 12.0. The molecule has 20 heavy (non-hydrogen) atoms. The number of amides is 1. The van der Waals surface area contributed by atoms with E-state index in [4.69, 9.17) is 4.74 Å². The van der Waals surface area contributed by atoms with Crippen molar-refractivity contribution in [2.75, 3.05) is 11.9 Å². The molecule has 0 unspecified atom stereocenters. The van der Waals surface area contributed by atoms with Crippen molar-refractivity contribution in [1.82, 2.24) is 0 Å². The van der Waals surface area contributed by atoms with Crippen LogP contribution in [-0.2, 0) is 14.3 Å². The Morgan fingerprint density at radius 2 is 2.00 bits per heavy atom. The average Bonchev–Trinajstić information content (AvgIpc) is 2.88. The predicted octanol–water partition coefficient (Wildman–Crippen LogP) is 3.15. The standard InChI is InChI=1S/C16H19NO3/c1-3-20-16(19)14-9-6-8-12(14)13-7-4-5-10-15(13)17-11(2)18/h4-5,7,10H,3,6,8-9H2,1-2H3,(H,17,18). The first-order valence-electron chi connectivity index (χ1n) is 6.89. The fourth-order valence-corrected chi connectivity index (χ4v) is 2.53. The highest BCUT2D eigenvalue weighted by atomic mass is 16.5. The number of allylic oxidation sites excluding steroid dienone is 1. The molecule has 1 aromatic carbocycles. The van der Waals surface area contributed by atoms with Gasteiger partial charge >= 0.3 is 5.97 Å². The first-order chi connectivity index (χ1) is 9.63. The summed E-state index contributed by atoms with van der Waals surface area (Å²) in [6, 6.07) is 7.57. The second kappa shape index (κ2) is 6.37. The van der Waals surface area contributed by atoms with Gasteiger partial charge in [-0.25, -0.2) is 4.79 Å². The molecule has 0 aromatic heterocycles. The van der Waals surface area contributed by atoms with E-state index in [1.54, 1.807) is 6.92 Å². The van der Waals surface area contributed by atoms with Crippen molar-refractivity contribution in [2.24, 2.45) is 0 Å². The minimum atomic E-state index is -0.238. The fourth-order valence-electron chi connectivity index (χ4n) is 2.53. The fraction of sp³-hybridized carbons (Fsp3) is 0.375. The van der Waals surface area contributed by atoms with Gasteiger partial charge in [0.25, 0.3) is 0 Å². The summed E-state index contributed by atoms with van der Waals surface area (Å²) in [5.41, 5.74) is 3.40. The van der Waals surface area contributed by atoms with E-state index in [9.17, 15) is 9.59 Å². The lowest BCUT2D eigenvalue weighted by molar-refractivity contribution is -0.138. The molecule has 1 aromatic rings. The second-order valence-corrected chi connectivity index (χ2v) is 4.76. The van der Waals surface area contributed by atoms with E-state index in [1.807, 2.05) is 24.3 Å². The number of hydrogen-bond donors (Lipinski definition) is 1. The maximum absolute atomic E-state index is 12.0. The topological polar surface area (TPSA) is 55.4 Å². The molecule has 0 heterocycles. The van der Waals surface area contributed by atoms with Crippen LogP contribution < -0.4 is 5.32 Å². The number of rotatable bonds is 4. The lowest BCUT2D eigenvalue weighted by Crippen LogP contribution is -2.10. The van der Waals surface area contributed by atoms with Crippen LogP contribution in [-0.4, -0.2) is 18.5 Å². The monoisotopic (exact) mass is 273 g/mol. The molecule has 0 spiro atoms. The van der Waals surface area contributed by atoms with Crippen LogP contribution in [0.25, 0.3) is 5.57 Å². The molecular formula is C16H19NO3. The number of nitrogens with one attached hydrogen (secondary N) is 1. The van der Waals surface area contributed by atoms with Gasteiger partial charge in [-0.15, -0.1) is 0 Å². The zero-order chi connectivity index (χ0) is 14.5. The summed E-state index contributed by atoms with van der Waals surface area (Å²) in [6.45, 7) is 3.66. The van der Waals surface area contributed by atoms with Crippen molar-refractivity contribution in [3.63, 3.8) is 0 Å². The van der Waals surface area contributed by atoms with Crippen molar-refractivity contribution in [2.45, 2.75) is 33.1 Å². The van der Waals surface area contributed by atoms with Crippen molar-refractivity contribution < 1.29 is 14.3 Å². The second-order valence-electron chi connectivity index (χ2n) is 4.76. The van der Waals surface area contributed by atoms with Crippen LogP contribution in [0.3, 0.4) is 0 Å². The first kappa shape index (κ1) is 14.3. The molecule has 0 bridgehead atoms. The zero-order valence-corrected chi connectivity index (χ0v) is 11.9. The Bertz CT molecular complexity index is 561. The van der Waals surface area contributed by atoms with Crippen LogP contribution in [0.5, 0.6) is 0 Å². The lowest BCUT2D eigenvalue weighted by atomic mass is 10.00. The Morgan fingerprint density at radius 1 is 1.25 bits per heavy atom. The van der Waals surface area contributed by atoms with Gasteiger partial charge in [-0.1, -0.05) is 18.2 Å². The van der Waals surface area contributed by atoms with Gasteiger partial charge in [0.1, 0.15) is 0 Å². The molecular weight excluding hydrogens is 254 g/mol. The molecule has 106 valence electrons. The number of esters is 1. The molecule has 0 saturated heterocycles. The van der Waals surface area contributed by atoms with E-state index in [0.29, 0.717) is 6.61 Å². The minimum Gasteiger partial charge on any atom is -0.463 e. The molecule has 2 rings (SSSR count). The summed E-state index contributed by atoms with van der Waals surface area (Å²) >= 11 is 0. The van der Waals surface area contributed by atoms with Gasteiger partial charge in [0.05, 0.1) is 6.61 Å². The van der Waals surface area contributed by atoms with Crippen LogP contribution in [0.2, 0.25) is 0 Å². The summed E-state index contributed by atoms with van der Waals surface area (Å²) in [7, 11) is 0. The Hall–Kier alpha value is -2.10. The van der Waals surface area contributed by atoms with Gasteiger partial charge in [-0.2, -0.15) is 0 Å². The van der Waals surface area contributed by atoms with Gasteiger partial charge < -0.3 is 10.1 Å². The van der Waals surface area contributed by atoms with Crippen LogP contribution in [0.4, 0.5) is 5.69 Å². The van der Waals surface area contributed by atoms with E-state index < -0.39 is 0 Å². The largest absolute Gasteiger partial charge is 0.463 e. The molecule has 0 radical (unpaired) electrons. The van der Waals surface area contributed by atoms with Gasteiger partial charge in [-0.05, 0) is 37.8 Å². The zero-order valence-electron chi connectivity index (χ0n) is 11.9. The van der Waals surface area contributed by atoms with Crippen LogP contribution in [0, 0.1) is 0 Å². The van der Waals surface area contributed by atoms with Gasteiger partial charge in [0.15, 0.2) is 0 Å². The highest BCUT2D eigenvalue weighted by Gasteiger charge is 2.24. The Morgan fingerprint density at radius 3 is 2.70 bits per heavy atom. The summed E-state index contributed by atoms with van der Waals surface area (Å²) < 4.78 is 5.11. The molecule has 1 amide bonds. The normalized spacial score (nSPS) is 14.3. The number of anilines is 1. The Balaban J connectivity index is 2.41. The summed E-state index contributed by atoms with van der Waals surface area (Å²) in [5.74, 6) is -0.355. The molecule has 1 aliphatic carbocycles. The molecule has 1 aliphatic rings. The van der Waals surface area contributed by atoms with Crippen molar-refractivity contribution in [1.29, 1.82) is 0 Å². The highest BCUT2D eigenvalue weighted by molar-refractivity contribution is 6.01. The lowest BCUT2D eigenvalue weighted by Gasteiger charge is -2.12. The third-order valence-corrected chi connectivity index (χ3v) is 3.30. The van der Waals surface area contributed by atoms with Crippen molar-refractivity contribution in [3.8, 4) is 0 Å². The van der Waals surface area contributed by atoms with Crippen molar-refractivity contribution in [3.05, 3.63) is 35.4 Å². The number of carbonyl (C=O) groups is 2. The van der Waals surface area contributed by atoms with Crippen molar-refractivity contribution >= 4 is 23.1 Å². The summed E-state index contributed by atoms with van der Waals surface area (Å²) in [6.07, 6.45) is 2.52. The third-order valence-electron chi connectivity index (χ3n) is 3.30. The van der Waals surface area contributed by atoms with E-state index >= 15 is 0 Å². The summed E-state index contributed by atoms with van der Waals surface area (Å²) in [4.78, 5) is 23.3. The smallest absolute Gasteiger partial charge is 0.334 e. The average molecular weight is 273 g/mol. The molecule has 1 N–H and O–H groups in total. The maximum Gasteiger partial charge on any atom is 0.334 e. The number of hydrogen-bond acceptors (Lipinski definition) is 3. The molecule has 0 aliphatic heterocycles.